The summed E-state index contributed by atoms with van der Waals surface area (Å²) in [6.07, 6.45) is 4.34. The van der Waals surface area contributed by atoms with Gasteiger partial charge < -0.3 is 5.73 Å². The number of benzene rings is 1. The normalized spacial score (nSPS) is 19.2. The summed E-state index contributed by atoms with van der Waals surface area (Å²) in [5, 5.41) is 1.18. The van der Waals surface area contributed by atoms with Crippen molar-refractivity contribution in [2.75, 3.05) is 13.1 Å². The molecule has 2 N–H and O–H groups in total. The smallest absolute Gasteiger partial charge is 0.0758 e. The molecule has 108 valence electrons. The number of nitrogens with zero attached hydrogens (tertiary/aromatic N) is 2. The van der Waals surface area contributed by atoms with Gasteiger partial charge in [-0.25, -0.2) is 0 Å². The first-order valence-electron chi connectivity index (χ1n) is 6.76. The molecule has 1 atom stereocenters. The van der Waals surface area contributed by atoms with E-state index < -0.39 is 0 Å². The molecule has 2 aromatic rings. The maximum absolute atomic E-state index is 5.85. The quantitative estimate of drug-likeness (QED) is 0.917. The second-order valence-corrected chi connectivity index (χ2v) is 5.96. The van der Waals surface area contributed by atoms with Gasteiger partial charge in [0.05, 0.1) is 5.52 Å². The van der Waals surface area contributed by atoms with E-state index in [0.717, 1.165) is 29.6 Å². The zero-order chi connectivity index (χ0) is 13.2. The third kappa shape index (κ3) is 2.98. The summed E-state index contributed by atoms with van der Waals surface area (Å²) in [5.41, 5.74) is 8.24. The molecule has 3 rings (SSSR count). The van der Waals surface area contributed by atoms with Gasteiger partial charge in [-0.05, 0) is 37.1 Å². The Labute approximate surface area is 134 Å². The Kier molecular flexibility index (Phi) is 5.38. The lowest BCUT2D eigenvalue weighted by Gasteiger charge is -2.23. The van der Waals surface area contributed by atoms with Crippen molar-refractivity contribution < 1.29 is 0 Å². The molecule has 0 spiro atoms. The minimum Gasteiger partial charge on any atom is -0.329 e. The lowest BCUT2D eigenvalue weighted by atomic mass is 10.1. The highest BCUT2D eigenvalue weighted by atomic mass is 79.9. The molecule has 2 heterocycles. The van der Waals surface area contributed by atoms with Crippen LogP contribution in [0.1, 0.15) is 18.4 Å². The summed E-state index contributed by atoms with van der Waals surface area (Å²) in [6.45, 7) is 2.84. The predicted octanol–water partition coefficient (Wildman–Crippen LogP) is 3.34. The Morgan fingerprint density at radius 3 is 3.00 bits per heavy atom. The molecule has 1 unspecified atom stereocenters. The Morgan fingerprint density at radius 1 is 1.35 bits per heavy atom. The van der Waals surface area contributed by atoms with Crippen molar-refractivity contribution in [1.82, 2.24) is 9.88 Å². The van der Waals surface area contributed by atoms with Crippen LogP contribution >= 0.6 is 28.3 Å². The van der Waals surface area contributed by atoms with Crippen molar-refractivity contribution in [2.45, 2.75) is 25.4 Å². The molecule has 1 fully saturated rings. The molecule has 3 nitrogen and oxygen atoms in total. The van der Waals surface area contributed by atoms with Crippen LogP contribution in [-0.4, -0.2) is 29.0 Å². The van der Waals surface area contributed by atoms with E-state index in [1.165, 1.54) is 23.8 Å². The zero-order valence-corrected chi connectivity index (χ0v) is 13.7. The summed E-state index contributed by atoms with van der Waals surface area (Å²) >= 11 is 3.60. The molecule has 0 bridgehead atoms. The number of hydrogen-bond acceptors (Lipinski definition) is 3. The molecule has 0 radical (unpaired) electrons. The van der Waals surface area contributed by atoms with Crippen LogP contribution < -0.4 is 5.73 Å². The Morgan fingerprint density at radius 2 is 2.20 bits per heavy atom. The molecule has 20 heavy (non-hydrogen) atoms. The van der Waals surface area contributed by atoms with E-state index in [0.29, 0.717) is 6.04 Å². The van der Waals surface area contributed by atoms with Gasteiger partial charge in [-0.15, -0.1) is 12.4 Å². The fourth-order valence-corrected chi connectivity index (χ4v) is 3.37. The van der Waals surface area contributed by atoms with Gasteiger partial charge in [-0.3, -0.25) is 9.88 Å². The van der Waals surface area contributed by atoms with Gasteiger partial charge in [0.25, 0.3) is 0 Å². The molecule has 1 aliphatic heterocycles. The first-order valence-corrected chi connectivity index (χ1v) is 7.55. The van der Waals surface area contributed by atoms with Crippen LogP contribution in [0.4, 0.5) is 0 Å². The van der Waals surface area contributed by atoms with Gasteiger partial charge in [0.15, 0.2) is 0 Å². The maximum atomic E-state index is 5.85. The number of nitrogens with two attached hydrogens (primary N) is 1. The fourth-order valence-electron chi connectivity index (χ4n) is 2.91. The molecular formula is C15H19BrClN3. The second kappa shape index (κ2) is 6.85. The Hall–Kier alpha value is -0.680. The van der Waals surface area contributed by atoms with E-state index in [1.807, 2.05) is 12.3 Å². The van der Waals surface area contributed by atoms with Crippen LogP contribution in [-0.2, 0) is 6.54 Å². The molecule has 1 aromatic carbocycles. The third-order valence-corrected chi connectivity index (χ3v) is 4.64. The van der Waals surface area contributed by atoms with E-state index in [-0.39, 0.29) is 12.4 Å². The van der Waals surface area contributed by atoms with Crippen LogP contribution in [0.2, 0.25) is 0 Å². The molecule has 5 heteroatoms. The predicted molar refractivity (Wildman–Crippen MR) is 89.2 cm³/mol. The largest absolute Gasteiger partial charge is 0.329 e. The van der Waals surface area contributed by atoms with Crippen LogP contribution in [0.15, 0.2) is 34.9 Å². The van der Waals surface area contributed by atoms with Crippen molar-refractivity contribution in [1.29, 1.82) is 0 Å². The Bertz CT molecular complexity index is 590. The molecule has 1 saturated heterocycles. The monoisotopic (exact) mass is 355 g/mol. The van der Waals surface area contributed by atoms with Gasteiger partial charge in [-0.2, -0.15) is 0 Å². The SMILES string of the molecule is Cl.NCC1CCCN1Cc1ccc(Br)c2cccnc12. The van der Waals surface area contributed by atoms with Gasteiger partial charge in [0.1, 0.15) is 0 Å². The van der Waals surface area contributed by atoms with E-state index >= 15 is 0 Å². The number of halogens is 2. The van der Waals surface area contributed by atoms with Gasteiger partial charge in [-0.1, -0.05) is 28.1 Å². The molecule has 1 aromatic heterocycles. The van der Waals surface area contributed by atoms with Crippen LogP contribution in [0, 0.1) is 0 Å². The topological polar surface area (TPSA) is 42.1 Å². The summed E-state index contributed by atoms with van der Waals surface area (Å²) in [7, 11) is 0. The molecule has 0 aliphatic carbocycles. The number of hydrogen-bond donors (Lipinski definition) is 1. The van der Waals surface area contributed by atoms with E-state index in [9.17, 15) is 0 Å². The Balaban J connectivity index is 0.00000147. The zero-order valence-electron chi connectivity index (χ0n) is 11.3. The van der Waals surface area contributed by atoms with E-state index in [2.05, 4.69) is 44.0 Å². The van der Waals surface area contributed by atoms with Crippen molar-refractivity contribution >= 4 is 39.2 Å². The minimum absolute atomic E-state index is 0. The number of fused-ring (bicyclic) bond motifs is 1. The standard InChI is InChI=1S/C15H18BrN3.ClH/c16-14-6-5-11(15-13(14)4-1-7-18-15)10-19-8-2-3-12(19)9-17;/h1,4-7,12H,2-3,8-10,17H2;1H. The van der Waals surface area contributed by atoms with E-state index in [4.69, 9.17) is 5.73 Å². The number of pyridine rings is 1. The molecule has 0 amide bonds. The average molecular weight is 357 g/mol. The molecular weight excluding hydrogens is 338 g/mol. The summed E-state index contributed by atoms with van der Waals surface area (Å²) in [5.74, 6) is 0. The third-order valence-electron chi connectivity index (χ3n) is 3.94. The van der Waals surface area contributed by atoms with Gasteiger partial charge >= 0.3 is 0 Å². The van der Waals surface area contributed by atoms with E-state index in [1.54, 1.807) is 0 Å². The number of likely N-dealkylation sites (tertiary alicyclic amines) is 1. The first kappa shape index (κ1) is 15.7. The van der Waals surface area contributed by atoms with Crippen LogP contribution in [0.25, 0.3) is 10.9 Å². The highest BCUT2D eigenvalue weighted by molar-refractivity contribution is 9.10. The lowest BCUT2D eigenvalue weighted by Crippen LogP contribution is -2.34. The molecule has 1 aliphatic rings. The van der Waals surface area contributed by atoms with Crippen molar-refractivity contribution in [3.05, 3.63) is 40.5 Å². The van der Waals surface area contributed by atoms with Crippen LogP contribution in [0.5, 0.6) is 0 Å². The summed E-state index contributed by atoms with van der Waals surface area (Å²) in [6, 6.07) is 8.91. The van der Waals surface area contributed by atoms with Crippen molar-refractivity contribution in [2.24, 2.45) is 5.73 Å². The van der Waals surface area contributed by atoms with Crippen molar-refractivity contribution in [3.63, 3.8) is 0 Å². The lowest BCUT2D eigenvalue weighted by molar-refractivity contribution is 0.251. The average Bonchev–Trinajstić information content (AvgIpc) is 2.89. The number of rotatable bonds is 3. The van der Waals surface area contributed by atoms with Gasteiger partial charge in [0.2, 0.25) is 0 Å². The highest BCUT2D eigenvalue weighted by Crippen LogP contribution is 2.27. The first-order chi connectivity index (χ1) is 9.29. The molecule has 0 saturated carbocycles. The van der Waals surface area contributed by atoms with Gasteiger partial charge in [0, 0.05) is 35.2 Å². The second-order valence-electron chi connectivity index (χ2n) is 5.11. The minimum atomic E-state index is 0. The maximum Gasteiger partial charge on any atom is 0.0758 e. The van der Waals surface area contributed by atoms with Crippen molar-refractivity contribution in [3.8, 4) is 0 Å². The fraction of sp³-hybridized carbons (Fsp3) is 0.400. The highest BCUT2D eigenvalue weighted by Gasteiger charge is 2.23. The summed E-state index contributed by atoms with van der Waals surface area (Å²) in [4.78, 5) is 7.03. The summed E-state index contributed by atoms with van der Waals surface area (Å²) < 4.78 is 1.11. The van der Waals surface area contributed by atoms with Crippen LogP contribution in [0.3, 0.4) is 0 Å². The number of aromatic nitrogens is 1.